The molecule has 0 amide bonds. The Morgan fingerprint density at radius 1 is 0.943 bits per heavy atom. The van der Waals surface area contributed by atoms with Crippen LogP contribution >= 0.6 is 34.8 Å². The number of carbonyl (C=O) groups is 2. The summed E-state index contributed by atoms with van der Waals surface area (Å²) in [6.07, 6.45) is 1.45. The molecule has 0 bridgehead atoms. The summed E-state index contributed by atoms with van der Waals surface area (Å²) in [4.78, 5) is 36.8. The number of hydrogen-bond acceptors (Lipinski definition) is 8. The molecule has 4 rings (SSSR count). The molecular formula is C24H15Cl3N2O6. The first kappa shape index (κ1) is 24.5. The van der Waals surface area contributed by atoms with Gasteiger partial charge >= 0.3 is 11.9 Å². The van der Waals surface area contributed by atoms with E-state index in [9.17, 15) is 14.4 Å². The van der Waals surface area contributed by atoms with E-state index >= 15 is 0 Å². The molecule has 8 nitrogen and oxygen atoms in total. The van der Waals surface area contributed by atoms with Crippen LogP contribution in [0.25, 0.3) is 21.9 Å². The lowest BCUT2D eigenvalue weighted by atomic mass is 10.1. The van der Waals surface area contributed by atoms with E-state index in [1.54, 1.807) is 36.4 Å². The highest BCUT2D eigenvalue weighted by molar-refractivity contribution is 6.42. The lowest BCUT2D eigenvalue weighted by Gasteiger charge is -2.14. The van der Waals surface area contributed by atoms with Gasteiger partial charge in [-0.3, -0.25) is 19.8 Å². The number of halogens is 3. The molecule has 1 heterocycles. The second-order valence-electron chi connectivity index (χ2n) is 7.21. The van der Waals surface area contributed by atoms with Crippen molar-refractivity contribution in [1.82, 2.24) is 0 Å². The Morgan fingerprint density at radius 3 is 2.31 bits per heavy atom. The van der Waals surface area contributed by atoms with Crippen molar-refractivity contribution in [2.75, 3.05) is 5.43 Å². The number of fused-ring (bicyclic) bond motifs is 2. The molecular weight excluding hydrogens is 519 g/mol. The number of nitrogens with one attached hydrogen (secondary N) is 1. The number of para-hydroxylation sites is 1. The molecule has 0 saturated carbocycles. The van der Waals surface area contributed by atoms with Crippen LogP contribution in [-0.4, -0.2) is 18.2 Å². The fourth-order valence-corrected chi connectivity index (χ4v) is 4.09. The zero-order valence-electron chi connectivity index (χ0n) is 18.1. The summed E-state index contributed by atoms with van der Waals surface area (Å²) in [5, 5.41) is 4.14. The van der Waals surface area contributed by atoms with Crippen molar-refractivity contribution < 1.29 is 23.5 Å². The smallest absolute Gasteiger partial charge is 0.308 e. The predicted octanol–water partition coefficient (Wildman–Crippen LogP) is 6.20. The average Bonchev–Trinajstić information content (AvgIpc) is 2.80. The predicted molar refractivity (Wildman–Crippen MR) is 135 cm³/mol. The van der Waals surface area contributed by atoms with Gasteiger partial charge in [-0.1, -0.05) is 46.9 Å². The average molecular weight is 534 g/mol. The third-order valence-electron chi connectivity index (χ3n) is 4.69. The normalized spacial score (nSPS) is 11.2. The number of benzene rings is 3. The molecule has 0 fully saturated rings. The standard InChI is InChI=1S/C24H15Cl3N2O6/c1-11(30)33-22-17-20(32)16-8-3-5-13(10-28-29-15-7-4-6-14(25)9-15)21(16)35-23(17)19(27)24(18(22)26)34-12(2)31/h3-10,29H,1-2H3/b28-10-. The van der Waals surface area contributed by atoms with E-state index in [0.717, 1.165) is 13.8 Å². The topological polar surface area (TPSA) is 107 Å². The largest absolute Gasteiger partial charge is 0.453 e. The van der Waals surface area contributed by atoms with Gasteiger partial charge in [-0.2, -0.15) is 5.10 Å². The third kappa shape index (κ3) is 4.95. The first-order valence-electron chi connectivity index (χ1n) is 9.99. The van der Waals surface area contributed by atoms with Crippen LogP contribution in [0.4, 0.5) is 5.69 Å². The highest BCUT2D eigenvalue weighted by atomic mass is 35.5. The van der Waals surface area contributed by atoms with Crippen LogP contribution in [0.3, 0.4) is 0 Å². The number of esters is 2. The molecule has 0 atom stereocenters. The molecule has 1 aromatic heterocycles. The van der Waals surface area contributed by atoms with Crippen molar-refractivity contribution in [2.45, 2.75) is 13.8 Å². The van der Waals surface area contributed by atoms with Gasteiger partial charge in [-0.05, 0) is 30.3 Å². The maximum atomic E-state index is 13.5. The van der Waals surface area contributed by atoms with Gasteiger partial charge in [0.1, 0.15) is 21.0 Å². The number of carbonyl (C=O) groups excluding carboxylic acids is 2. The van der Waals surface area contributed by atoms with Gasteiger partial charge in [-0.15, -0.1) is 0 Å². The minimum atomic E-state index is -0.753. The number of anilines is 1. The van der Waals surface area contributed by atoms with Gasteiger partial charge in [0.15, 0.2) is 17.1 Å². The first-order valence-corrected chi connectivity index (χ1v) is 11.1. The highest BCUT2D eigenvalue weighted by Crippen LogP contribution is 2.47. The van der Waals surface area contributed by atoms with Crippen molar-refractivity contribution in [3.8, 4) is 11.5 Å². The molecule has 11 heteroatoms. The van der Waals surface area contributed by atoms with E-state index in [4.69, 9.17) is 48.7 Å². The van der Waals surface area contributed by atoms with Gasteiger partial charge in [-0.25, -0.2) is 0 Å². The summed E-state index contributed by atoms with van der Waals surface area (Å²) >= 11 is 18.7. The molecule has 0 aliphatic rings. The second kappa shape index (κ2) is 9.95. The summed E-state index contributed by atoms with van der Waals surface area (Å²) in [7, 11) is 0. The Kier molecular flexibility index (Phi) is 6.98. The maximum Gasteiger partial charge on any atom is 0.308 e. The van der Waals surface area contributed by atoms with Crippen LogP contribution in [0.5, 0.6) is 11.5 Å². The summed E-state index contributed by atoms with van der Waals surface area (Å²) in [6, 6.07) is 11.8. The lowest BCUT2D eigenvalue weighted by Crippen LogP contribution is -2.11. The Labute approximate surface area is 213 Å². The number of ether oxygens (including phenoxy) is 2. The van der Waals surface area contributed by atoms with E-state index < -0.39 is 17.4 Å². The fourth-order valence-electron chi connectivity index (χ4n) is 3.32. The van der Waals surface area contributed by atoms with E-state index in [1.807, 2.05) is 0 Å². The number of nitrogens with zero attached hydrogens (tertiary/aromatic N) is 1. The van der Waals surface area contributed by atoms with Crippen molar-refractivity contribution in [3.63, 3.8) is 0 Å². The summed E-state index contributed by atoms with van der Waals surface area (Å²) in [5.74, 6) is -2.12. The molecule has 4 aromatic rings. The van der Waals surface area contributed by atoms with Crippen molar-refractivity contribution in [2.24, 2.45) is 5.10 Å². The summed E-state index contributed by atoms with van der Waals surface area (Å²) < 4.78 is 16.3. The van der Waals surface area contributed by atoms with Crippen molar-refractivity contribution in [1.29, 1.82) is 0 Å². The summed E-state index contributed by atoms with van der Waals surface area (Å²) in [5.41, 5.74) is 3.33. The van der Waals surface area contributed by atoms with E-state index in [2.05, 4.69) is 10.5 Å². The molecule has 0 radical (unpaired) electrons. The van der Waals surface area contributed by atoms with Crippen LogP contribution in [0.15, 0.2) is 56.8 Å². The minimum absolute atomic E-state index is 0.147. The molecule has 35 heavy (non-hydrogen) atoms. The second-order valence-corrected chi connectivity index (χ2v) is 8.41. The zero-order valence-corrected chi connectivity index (χ0v) is 20.4. The van der Waals surface area contributed by atoms with Crippen LogP contribution in [0, 0.1) is 0 Å². The van der Waals surface area contributed by atoms with Crippen LogP contribution in [0.2, 0.25) is 15.1 Å². The quantitative estimate of drug-likeness (QED) is 0.107. The number of rotatable bonds is 5. The Balaban J connectivity index is 1.95. The van der Waals surface area contributed by atoms with Gasteiger partial charge in [0.05, 0.1) is 17.3 Å². The minimum Gasteiger partial charge on any atom is -0.453 e. The Hall–Kier alpha value is -3.59. The van der Waals surface area contributed by atoms with Crippen LogP contribution in [0.1, 0.15) is 19.4 Å². The molecule has 0 unspecified atom stereocenters. The summed E-state index contributed by atoms with van der Waals surface area (Å²) in [6.45, 7) is 2.27. The highest BCUT2D eigenvalue weighted by Gasteiger charge is 2.27. The molecule has 0 aliphatic heterocycles. The van der Waals surface area contributed by atoms with Crippen molar-refractivity contribution in [3.05, 3.63) is 73.3 Å². The Bertz CT molecular complexity index is 1600. The maximum absolute atomic E-state index is 13.5. The monoisotopic (exact) mass is 532 g/mol. The van der Waals surface area contributed by atoms with Gasteiger partial charge in [0.25, 0.3) is 0 Å². The van der Waals surface area contributed by atoms with Gasteiger partial charge in [0.2, 0.25) is 5.43 Å². The zero-order chi connectivity index (χ0) is 25.3. The third-order valence-corrected chi connectivity index (χ3v) is 5.61. The van der Waals surface area contributed by atoms with Crippen LogP contribution < -0.4 is 20.3 Å². The first-order chi connectivity index (χ1) is 16.7. The lowest BCUT2D eigenvalue weighted by molar-refractivity contribution is -0.132. The molecule has 0 saturated heterocycles. The molecule has 3 aromatic carbocycles. The molecule has 0 spiro atoms. The molecule has 178 valence electrons. The number of hydrogen-bond donors (Lipinski definition) is 1. The van der Waals surface area contributed by atoms with Gasteiger partial charge < -0.3 is 13.9 Å². The van der Waals surface area contributed by atoms with Crippen LogP contribution in [-0.2, 0) is 9.59 Å². The number of hydrazone groups is 1. The SMILES string of the molecule is CC(=O)Oc1c(Cl)c(OC(C)=O)c2c(=O)c3cccc(/C=N\Nc4cccc(Cl)c4)c3oc2c1Cl. The van der Waals surface area contributed by atoms with E-state index in [1.165, 1.54) is 12.3 Å². The fraction of sp³-hybridized carbons (Fsp3) is 0.0833. The Morgan fingerprint density at radius 2 is 1.63 bits per heavy atom. The van der Waals surface area contributed by atoms with E-state index in [0.29, 0.717) is 16.3 Å². The molecule has 0 aliphatic carbocycles. The molecule has 1 N–H and O–H groups in total. The van der Waals surface area contributed by atoms with E-state index in [-0.39, 0.29) is 43.5 Å². The van der Waals surface area contributed by atoms with Crippen molar-refractivity contribution >= 4 is 80.6 Å². The van der Waals surface area contributed by atoms with Gasteiger partial charge in [0, 0.05) is 24.4 Å².